The number of nitrogens with zero attached hydrogens (tertiary/aromatic N) is 2. The zero-order valence-corrected chi connectivity index (χ0v) is 8.13. The third-order valence-electron chi connectivity index (χ3n) is 3.00. The molecular weight excluding hydrogens is 136 g/mol. The summed E-state index contributed by atoms with van der Waals surface area (Å²) in [4.78, 5) is 6.85. The molecule has 11 heavy (non-hydrogen) atoms. The third-order valence-corrected chi connectivity index (χ3v) is 3.00. The van der Waals surface area contributed by atoms with Crippen molar-refractivity contribution in [2.75, 3.05) is 7.05 Å². The summed E-state index contributed by atoms with van der Waals surface area (Å²) in [7, 11) is 2.14. The van der Waals surface area contributed by atoms with Crippen molar-refractivity contribution in [1.29, 1.82) is 0 Å². The first kappa shape index (κ1) is 8.72. The Balaban J connectivity index is 2.83. The van der Waals surface area contributed by atoms with Crippen molar-refractivity contribution in [2.45, 2.75) is 39.9 Å². The fraction of sp³-hybridized carbons (Fsp3) is 0.889. The predicted molar refractivity (Wildman–Crippen MR) is 49.0 cm³/mol. The molecule has 3 atom stereocenters. The maximum Gasteiger partial charge on any atom is 0.0989 e. The average Bonchev–Trinajstić information content (AvgIpc) is 1.97. The molecule has 0 fully saturated rings. The summed E-state index contributed by atoms with van der Waals surface area (Å²) in [5, 5.41) is 0. The Bertz CT molecular complexity index is 174. The summed E-state index contributed by atoms with van der Waals surface area (Å²) in [6.07, 6.45) is 0.362. The van der Waals surface area contributed by atoms with Crippen LogP contribution in [0, 0.1) is 5.92 Å². The molecule has 0 spiro atoms. The fourth-order valence-corrected chi connectivity index (χ4v) is 1.55. The lowest BCUT2D eigenvalue weighted by atomic mass is 9.95. The molecule has 1 rings (SSSR count). The van der Waals surface area contributed by atoms with Crippen molar-refractivity contribution >= 4 is 5.71 Å². The quantitative estimate of drug-likeness (QED) is 0.519. The van der Waals surface area contributed by atoms with Crippen molar-refractivity contribution < 1.29 is 0 Å². The van der Waals surface area contributed by atoms with Gasteiger partial charge < -0.3 is 0 Å². The molecule has 0 radical (unpaired) electrons. The van der Waals surface area contributed by atoms with Crippen LogP contribution in [0.5, 0.6) is 0 Å². The van der Waals surface area contributed by atoms with Gasteiger partial charge in [0.1, 0.15) is 0 Å². The van der Waals surface area contributed by atoms with Crippen molar-refractivity contribution in [2.24, 2.45) is 10.9 Å². The van der Waals surface area contributed by atoms with E-state index in [4.69, 9.17) is 0 Å². The fourth-order valence-electron chi connectivity index (χ4n) is 1.55. The van der Waals surface area contributed by atoms with Crippen LogP contribution in [0.1, 0.15) is 27.7 Å². The van der Waals surface area contributed by atoms with Gasteiger partial charge in [0.25, 0.3) is 0 Å². The SMILES string of the molecule is CC1=NC(C)N(C)C(C)C1C. The smallest absolute Gasteiger partial charge is 0.0989 e. The van der Waals surface area contributed by atoms with Gasteiger partial charge in [-0.05, 0) is 27.8 Å². The first-order valence-corrected chi connectivity index (χ1v) is 4.30. The summed E-state index contributed by atoms with van der Waals surface area (Å²) in [6.45, 7) is 8.78. The lowest BCUT2D eigenvalue weighted by molar-refractivity contribution is 0.162. The normalized spacial score (nSPS) is 40.5. The van der Waals surface area contributed by atoms with Gasteiger partial charge >= 0.3 is 0 Å². The Labute approximate surface area is 69.3 Å². The van der Waals surface area contributed by atoms with Crippen LogP contribution in [-0.4, -0.2) is 29.9 Å². The number of hydrogen-bond acceptors (Lipinski definition) is 2. The first-order valence-electron chi connectivity index (χ1n) is 4.30. The first-order chi connectivity index (χ1) is 5.04. The highest BCUT2D eigenvalue weighted by Crippen LogP contribution is 2.19. The summed E-state index contributed by atoms with van der Waals surface area (Å²) in [5.41, 5.74) is 1.29. The maximum atomic E-state index is 4.54. The molecule has 2 nitrogen and oxygen atoms in total. The van der Waals surface area contributed by atoms with Gasteiger partial charge in [0.15, 0.2) is 0 Å². The van der Waals surface area contributed by atoms with Crippen LogP contribution in [0.4, 0.5) is 0 Å². The largest absolute Gasteiger partial charge is 0.282 e. The van der Waals surface area contributed by atoms with Crippen LogP contribution in [0.25, 0.3) is 0 Å². The van der Waals surface area contributed by atoms with Crippen LogP contribution in [0.3, 0.4) is 0 Å². The minimum absolute atomic E-state index is 0.362. The van der Waals surface area contributed by atoms with Gasteiger partial charge in [0.05, 0.1) is 6.17 Å². The van der Waals surface area contributed by atoms with Gasteiger partial charge in [-0.25, -0.2) is 0 Å². The molecule has 64 valence electrons. The highest BCUT2D eigenvalue weighted by atomic mass is 15.3. The molecule has 0 N–H and O–H groups in total. The van der Waals surface area contributed by atoms with E-state index in [0.29, 0.717) is 18.1 Å². The highest BCUT2D eigenvalue weighted by Gasteiger charge is 2.26. The Kier molecular flexibility index (Phi) is 2.33. The highest BCUT2D eigenvalue weighted by molar-refractivity contribution is 5.85. The third kappa shape index (κ3) is 1.45. The standard InChI is InChI=1S/C9H18N2/c1-6-7(2)10-9(4)11(5)8(6)3/h6,8-9H,1-5H3. The van der Waals surface area contributed by atoms with Gasteiger partial charge in [-0.3, -0.25) is 9.89 Å². The lowest BCUT2D eigenvalue weighted by Gasteiger charge is -2.37. The Morgan fingerprint density at radius 2 is 1.82 bits per heavy atom. The molecule has 0 amide bonds. The van der Waals surface area contributed by atoms with Gasteiger partial charge in [-0.2, -0.15) is 0 Å². The zero-order valence-electron chi connectivity index (χ0n) is 8.13. The van der Waals surface area contributed by atoms with Crippen LogP contribution < -0.4 is 0 Å². The van der Waals surface area contributed by atoms with Crippen molar-refractivity contribution in [1.82, 2.24) is 4.90 Å². The van der Waals surface area contributed by atoms with E-state index in [2.05, 4.69) is 44.6 Å². The minimum Gasteiger partial charge on any atom is -0.282 e. The second kappa shape index (κ2) is 2.94. The van der Waals surface area contributed by atoms with E-state index in [-0.39, 0.29) is 0 Å². The molecule has 0 aliphatic carbocycles. The van der Waals surface area contributed by atoms with E-state index < -0.39 is 0 Å². The number of rotatable bonds is 0. The van der Waals surface area contributed by atoms with E-state index in [0.717, 1.165) is 0 Å². The molecule has 0 aromatic heterocycles. The summed E-state index contributed by atoms with van der Waals surface area (Å²) < 4.78 is 0. The average molecular weight is 154 g/mol. The molecule has 2 heteroatoms. The molecular formula is C9H18N2. The van der Waals surface area contributed by atoms with E-state index in [9.17, 15) is 0 Å². The van der Waals surface area contributed by atoms with Crippen molar-refractivity contribution in [3.05, 3.63) is 0 Å². The Morgan fingerprint density at radius 3 is 2.36 bits per heavy atom. The second-order valence-corrected chi connectivity index (χ2v) is 3.60. The molecule has 0 bridgehead atoms. The molecule has 0 aromatic carbocycles. The van der Waals surface area contributed by atoms with Gasteiger partial charge in [0.2, 0.25) is 0 Å². The number of hydrogen-bond donors (Lipinski definition) is 0. The van der Waals surface area contributed by atoms with Crippen molar-refractivity contribution in [3.63, 3.8) is 0 Å². The molecule has 1 aliphatic heterocycles. The van der Waals surface area contributed by atoms with Gasteiger partial charge in [0, 0.05) is 17.7 Å². The summed E-state index contributed by atoms with van der Waals surface area (Å²) >= 11 is 0. The molecule has 1 heterocycles. The van der Waals surface area contributed by atoms with E-state index in [1.54, 1.807) is 0 Å². The molecule has 0 saturated carbocycles. The molecule has 1 aliphatic rings. The van der Waals surface area contributed by atoms with E-state index >= 15 is 0 Å². The Morgan fingerprint density at radius 1 is 1.27 bits per heavy atom. The van der Waals surface area contributed by atoms with E-state index in [1.807, 2.05) is 0 Å². The topological polar surface area (TPSA) is 15.6 Å². The van der Waals surface area contributed by atoms with Gasteiger partial charge in [-0.15, -0.1) is 0 Å². The predicted octanol–water partition coefficient (Wildman–Crippen LogP) is 1.76. The van der Waals surface area contributed by atoms with Gasteiger partial charge in [-0.1, -0.05) is 6.92 Å². The molecule has 0 aromatic rings. The van der Waals surface area contributed by atoms with Crippen LogP contribution in [0.2, 0.25) is 0 Å². The monoisotopic (exact) mass is 154 g/mol. The number of aliphatic imine (C=N–C) groups is 1. The minimum atomic E-state index is 0.362. The van der Waals surface area contributed by atoms with Crippen LogP contribution in [0.15, 0.2) is 4.99 Å². The maximum absolute atomic E-state index is 4.54. The Hall–Kier alpha value is -0.370. The van der Waals surface area contributed by atoms with Crippen LogP contribution in [-0.2, 0) is 0 Å². The second-order valence-electron chi connectivity index (χ2n) is 3.60. The van der Waals surface area contributed by atoms with E-state index in [1.165, 1.54) is 5.71 Å². The van der Waals surface area contributed by atoms with Crippen LogP contribution >= 0.6 is 0 Å². The molecule has 0 saturated heterocycles. The van der Waals surface area contributed by atoms with Crippen molar-refractivity contribution in [3.8, 4) is 0 Å². The summed E-state index contributed by atoms with van der Waals surface area (Å²) in [6, 6.07) is 0.627. The summed E-state index contributed by atoms with van der Waals surface area (Å²) in [5.74, 6) is 0.608. The molecule has 3 unspecified atom stereocenters. The zero-order chi connectivity index (χ0) is 8.59. The lowest BCUT2D eigenvalue weighted by Crippen LogP contribution is -2.46.